The minimum absolute atomic E-state index is 0.204. The first-order valence-electron chi connectivity index (χ1n) is 9.88. The van der Waals surface area contributed by atoms with E-state index in [2.05, 4.69) is 23.7 Å². The number of piperidine rings is 1. The number of carbonyl (C=O) groups is 2. The van der Waals surface area contributed by atoms with Crippen LogP contribution in [0.4, 0.5) is 4.79 Å². The number of nitrogens with zero attached hydrogens (tertiary/aromatic N) is 2. The molecule has 1 fully saturated rings. The monoisotopic (exact) mass is 403 g/mol. The number of amides is 2. The molecule has 2 aliphatic rings. The van der Waals surface area contributed by atoms with Gasteiger partial charge in [0.15, 0.2) is 0 Å². The molecule has 3 heterocycles. The maximum atomic E-state index is 13.0. The van der Waals surface area contributed by atoms with Crippen LogP contribution < -0.4 is 5.32 Å². The maximum Gasteiger partial charge on any atom is 0.338 e. The van der Waals surface area contributed by atoms with E-state index in [1.54, 1.807) is 29.2 Å². The number of rotatable bonds is 7. The molecule has 0 aromatic carbocycles. The van der Waals surface area contributed by atoms with Gasteiger partial charge in [0.2, 0.25) is 0 Å². The Morgan fingerprint density at radius 1 is 1.43 bits per heavy atom. The molecule has 0 spiro atoms. The second kappa shape index (κ2) is 9.39. The Labute approximate surface area is 170 Å². The lowest BCUT2D eigenvalue weighted by Gasteiger charge is -2.39. The fourth-order valence-electron chi connectivity index (χ4n) is 3.77. The highest BCUT2D eigenvalue weighted by Crippen LogP contribution is 2.33. The Kier molecular flexibility index (Phi) is 6.91. The first-order chi connectivity index (χ1) is 13.5. The van der Waals surface area contributed by atoms with E-state index in [4.69, 9.17) is 4.74 Å². The maximum absolute atomic E-state index is 13.0. The van der Waals surface area contributed by atoms with Crippen LogP contribution in [0.25, 0.3) is 0 Å². The molecule has 2 amide bonds. The number of likely N-dealkylation sites (tertiary alicyclic amines) is 1. The summed E-state index contributed by atoms with van der Waals surface area (Å²) in [7, 11) is 0. The molecular weight excluding hydrogens is 374 g/mol. The number of thiophene rings is 1. The lowest BCUT2D eigenvalue weighted by atomic mass is 9.94. The molecule has 0 aliphatic carbocycles. The molecule has 0 radical (unpaired) electrons. The molecule has 1 aromatic rings. The largest absolute Gasteiger partial charge is 0.463 e. The molecule has 7 heteroatoms. The highest BCUT2D eigenvalue weighted by atomic mass is 32.1. The van der Waals surface area contributed by atoms with E-state index in [0.717, 1.165) is 37.2 Å². The molecule has 0 saturated carbocycles. The lowest BCUT2D eigenvalue weighted by Crippen LogP contribution is -2.51. The zero-order valence-corrected chi connectivity index (χ0v) is 17.5. The Morgan fingerprint density at radius 3 is 2.79 bits per heavy atom. The van der Waals surface area contributed by atoms with E-state index < -0.39 is 6.04 Å². The second-order valence-corrected chi connectivity index (χ2v) is 8.16. The number of hydrogen-bond acceptors (Lipinski definition) is 5. The first-order valence-corrected chi connectivity index (χ1v) is 10.8. The summed E-state index contributed by atoms with van der Waals surface area (Å²) in [5.74, 6) is 0.348. The summed E-state index contributed by atoms with van der Waals surface area (Å²) < 4.78 is 5.39. The third-order valence-corrected chi connectivity index (χ3v) is 6.07. The Morgan fingerprint density at radius 2 is 2.18 bits per heavy atom. The zero-order valence-electron chi connectivity index (χ0n) is 16.6. The van der Waals surface area contributed by atoms with Gasteiger partial charge in [-0.2, -0.15) is 11.3 Å². The third kappa shape index (κ3) is 4.47. The first kappa shape index (κ1) is 20.6. The number of carbonyl (C=O) groups excluding carboxylic acids is 2. The zero-order chi connectivity index (χ0) is 20.1. The van der Waals surface area contributed by atoms with Crippen molar-refractivity contribution < 1.29 is 14.3 Å². The summed E-state index contributed by atoms with van der Waals surface area (Å²) in [6, 6.07) is 1.25. The fourth-order valence-corrected chi connectivity index (χ4v) is 4.45. The predicted octanol–water partition coefficient (Wildman–Crippen LogP) is 3.55. The quantitative estimate of drug-likeness (QED) is 0.559. The van der Waals surface area contributed by atoms with Gasteiger partial charge in [-0.05, 0) is 61.2 Å². The molecule has 1 aromatic heterocycles. The highest BCUT2D eigenvalue weighted by Gasteiger charge is 2.38. The summed E-state index contributed by atoms with van der Waals surface area (Å²) >= 11 is 1.54. The van der Waals surface area contributed by atoms with Crippen molar-refractivity contribution in [1.82, 2.24) is 15.1 Å². The Hall–Kier alpha value is -2.12. The van der Waals surface area contributed by atoms with Crippen molar-refractivity contribution in [2.45, 2.75) is 32.7 Å². The van der Waals surface area contributed by atoms with E-state index in [1.807, 2.05) is 16.8 Å². The van der Waals surface area contributed by atoms with Gasteiger partial charge in [0.1, 0.15) is 0 Å². The van der Waals surface area contributed by atoms with Crippen LogP contribution in [0, 0.1) is 5.92 Å². The molecule has 1 unspecified atom stereocenters. The van der Waals surface area contributed by atoms with Gasteiger partial charge in [-0.3, -0.25) is 9.80 Å². The van der Waals surface area contributed by atoms with Gasteiger partial charge >= 0.3 is 12.0 Å². The normalized spacial score (nSPS) is 21.6. The van der Waals surface area contributed by atoms with E-state index in [-0.39, 0.29) is 12.0 Å². The van der Waals surface area contributed by atoms with E-state index in [9.17, 15) is 9.59 Å². The molecule has 28 heavy (non-hydrogen) atoms. The summed E-state index contributed by atoms with van der Waals surface area (Å²) in [5, 5.41) is 6.90. The van der Waals surface area contributed by atoms with Gasteiger partial charge < -0.3 is 10.1 Å². The van der Waals surface area contributed by atoms with Gasteiger partial charge in [0, 0.05) is 18.8 Å². The van der Waals surface area contributed by atoms with Crippen molar-refractivity contribution in [2.75, 3.05) is 32.8 Å². The second-order valence-electron chi connectivity index (χ2n) is 7.38. The smallest absolute Gasteiger partial charge is 0.338 e. The minimum atomic E-state index is -0.488. The molecule has 2 aliphatic heterocycles. The van der Waals surface area contributed by atoms with Crippen LogP contribution >= 0.6 is 11.3 Å². The van der Waals surface area contributed by atoms with Crippen molar-refractivity contribution in [1.29, 1.82) is 0 Å². The third-order valence-electron chi connectivity index (χ3n) is 5.37. The molecular formula is C21H29N3O3S. The van der Waals surface area contributed by atoms with Crippen molar-refractivity contribution in [3.05, 3.63) is 46.3 Å². The van der Waals surface area contributed by atoms with Crippen LogP contribution in [0.3, 0.4) is 0 Å². The molecule has 6 nitrogen and oxygen atoms in total. The summed E-state index contributed by atoms with van der Waals surface area (Å²) in [6.45, 7) is 11.0. The Balaban J connectivity index is 2.03. The number of urea groups is 1. The van der Waals surface area contributed by atoms with Gasteiger partial charge in [-0.25, -0.2) is 9.59 Å². The van der Waals surface area contributed by atoms with Crippen LogP contribution in [0.1, 0.15) is 38.3 Å². The summed E-state index contributed by atoms with van der Waals surface area (Å²) in [4.78, 5) is 29.8. The van der Waals surface area contributed by atoms with Crippen LogP contribution in [-0.2, 0) is 9.53 Å². The molecule has 0 bridgehead atoms. The standard InChI is InChI=1S/C21H29N3O3S/c1-4-9-24-17(13-23-10-6-15(3)7-11-23)18(20(25)27-5-2)19(22-21(24)26)16-8-12-28-14-16/h4,8,12,14-15,19H,1,5-7,9-11,13H2,2-3H3,(H,22,26). The number of ether oxygens (including phenoxy) is 1. The van der Waals surface area contributed by atoms with Gasteiger partial charge in [-0.15, -0.1) is 6.58 Å². The summed E-state index contributed by atoms with van der Waals surface area (Å²) in [6.07, 6.45) is 3.94. The lowest BCUT2D eigenvalue weighted by molar-refractivity contribution is -0.139. The van der Waals surface area contributed by atoms with Crippen molar-refractivity contribution in [2.24, 2.45) is 5.92 Å². The number of esters is 1. The molecule has 1 saturated heterocycles. The van der Waals surface area contributed by atoms with Crippen LogP contribution in [0.5, 0.6) is 0 Å². The number of nitrogens with one attached hydrogen (secondary N) is 1. The average molecular weight is 404 g/mol. The minimum Gasteiger partial charge on any atom is -0.463 e. The van der Waals surface area contributed by atoms with Crippen molar-refractivity contribution >= 4 is 23.3 Å². The Bertz CT molecular complexity index is 736. The van der Waals surface area contributed by atoms with Crippen molar-refractivity contribution in [3.63, 3.8) is 0 Å². The van der Waals surface area contributed by atoms with Crippen LogP contribution in [0.15, 0.2) is 40.8 Å². The highest BCUT2D eigenvalue weighted by molar-refractivity contribution is 7.08. The van der Waals surface area contributed by atoms with E-state index in [0.29, 0.717) is 31.2 Å². The number of hydrogen-bond donors (Lipinski definition) is 1. The topological polar surface area (TPSA) is 61.9 Å². The molecule has 3 rings (SSSR count). The average Bonchev–Trinajstić information content (AvgIpc) is 3.21. The van der Waals surface area contributed by atoms with E-state index >= 15 is 0 Å². The van der Waals surface area contributed by atoms with E-state index in [1.165, 1.54) is 0 Å². The predicted molar refractivity (Wildman–Crippen MR) is 111 cm³/mol. The molecule has 1 atom stereocenters. The van der Waals surface area contributed by atoms with Gasteiger partial charge in [0.05, 0.1) is 18.2 Å². The van der Waals surface area contributed by atoms with Crippen LogP contribution in [0.2, 0.25) is 0 Å². The molecule has 152 valence electrons. The van der Waals surface area contributed by atoms with Gasteiger partial charge in [0.25, 0.3) is 0 Å². The SMILES string of the molecule is C=CCN1C(=O)NC(c2ccsc2)C(C(=O)OCC)=C1CN1CCC(C)CC1. The van der Waals surface area contributed by atoms with Crippen molar-refractivity contribution in [3.8, 4) is 0 Å². The van der Waals surface area contributed by atoms with Gasteiger partial charge in [-0.1, -0.05) is 13.0 Å². The van der Waals surface area contributed by atoms with Crippen LogP contribution in [-0.4, -0.2) is 54.6 Å². The fraction of sp³-hybridized carbons (Fsp3) is 0.524. The summed E-state index contributed by atoms with van der Waals surface area (Å²) in [5.41, 5.74) is 2.16. The molecule has 1 N–H and O–H groups in total.